The highest BCUT2D eigenvalue weighted by Gasteiger charge is 2.36. The molecule has 3 rings (SSSR count). The van der Waals surface area contributed by atoms with Crippen LogP contribution in [0.25, 0.3) is 0 Å². The van der Waals surface area contributed by atoms with Crippen LogP contribution in [0, 0.1) is 11.7 Å². The standard InChI is InChI=1S/C19H18ClFN2O4/c1-26-16-9-15(17(27-2)8-14(16)20)23-10-11(7-18(23)24)19(25)22-13-5-3-12(21)4-6-13/h3-6,8-9,11H,7,10H2,1-2H3,(H,22,25). The number of nitrogens with zero attached hydrogens (tertiary/aromatic N) is 1. The molecule has 6 nitrogen and oxygen atoms in total. The Morgan fingerprint density at radius 2 is 1.85 bits per heavy atom. The van der Waals surface area contributed by atoms with E-state index in [-0.39, 0.29) is 30.6 Å². The van der Waals surface area contributed by atoms with E-state index in [0.29, 0.717) is 27.9 Å². The van der Waals surface area contributed by atoms with Crippen molar-refractivity contribution >= 4 is 34.8 Å². The topological polar surface area (TPSA) is 67.9 Å². The molecule has 0 saturated carbocycles. The first-order valence-electron chi connectivity index (χ1n) is 8.21. The zero-order valence-corrected chi connectivity index (χ0v) is 15.5. The summed E-state index contributed by atoms with van der Waals surface area (Å²) in [6.45, 7) is 0.188. The van der Waals surface area contributed by atoms with Crippen LogP contribution in [0.5, 0.6) is 11.5 Å². The smallest absolute Gasteiger partial charge is 0.229 e. The first-order chi connectivity index (χ1) is 12.9. The molecule has 1 atom stereocenters. The largest absolute Gasteiger partial charge is 0.495 e. The molecule has 2 aromatic carbocycles. The van der Waals surface area contributed by atoms with Crippen molar-refractivity contribution in [2.24, 2.45) is 5.92 Å². The van der Waals surface area contributed by atoms with E-state index in [2.05, 4.69) is 5.32 Å². The van der Waals surface area contributed by atoms with E-state index in [1.807, 2.05) is 0 Å². The molecule has 1 N–H and O–H groups in total. The number of anilines is 2. The van der Waals surface area contributed by atoms with Gasteiger partial charge in [0.2, 0.25) is 11.8 Å². The minimum Gasteiger partial charge on any atom is -0.495 e. The third kappa shape index (κ3) is 3.98. The number of amides is 2. The summed E-state index contributed by atoms with van der Waals surface area (Å²) in [6, 6.07) is 8.62. The number of methoxy groups -OCH3 is 2. The number of ether oxygens (including phenoxy) is 2. The van der Waals surface area contributed by atoms with Crippen molar-refractivity contribution in [1.29, 1.82) is 0 Å². The fraction of sp³-hybridized carbons (Fsp3) is 0.263. The van der Waals surface area contributed by atoms with Gasteiger partial charge in [-0.1, -0.05) is 11.6 Å². The van der Waals surface area contributed by atoms with Gasteiger partial charge in [-0.3, -0.25) is 9.59 Å². The molecule has 1 aliphatic rings. The molecule has 27 heavy (non-hydrogen) atoms. The molecule has 1 saturated heterocycles. The summed E-state index contributed by atoms with van der Waals surface area (Å²) in [5, 5.41) is 3.06. The summed E-state index contributed by atoms with van der Waals surface area (Å²) in [4.78, 5) is 26.5. The van der Waals surface area contributed by atoms with E-state index in [4.69, 9.17) is 21.1 Å². The molecule has 1 aliphatic heterocycles. The molecule has 0 aromatic heterocycles. The lowest BCUT2D eigenvalue weighted by atomic mass is 10.1. The fourth-order valence-corrected chi connectivity index (χ4v) is 3.18. The second-order valence-electron chi connectivity index (χ2n) is 6.06. The third-order valence-electron chi connectivity index (χ3n) is 4.35. The average molecular weight is 393 g/mol. The second kappa shape index (κ2) is 7.84. The number of halogens is 2. The maximum absolute atomic E-state index is 13.0. The Morgan fingerprint density at radius 1 is 1.19 bits per heavy atom. The number of carbonyl (C=O) groups is 2. The monoisotopic (exact) mass is 392 g/mol. The molecular formula is C19H18ClFN2O4. The van der Waals surface area contributed by atoms with Crippen LogP contribution in [-0.2, 0) is 9.59 Å². The molecule has 2 aromatic rings. The van der Waals surface area contributed by atoms with E-state index >= 15 is 0 Å². The SMILES string of the molecule is COc1cc(N2CC(C(=O)Nc3ccc(F)cc3)CC2=O)c(OC)cc1Cl. The lowest BCUT2D eigenvalue weighted by Gasteiger charge is -2.21. The van der Waals surface area contributed by atoms with Gasteiger partial charge >= 0.3 is 0 Å². The lowest BCUT2D eigenvalue weighted by molar-refractivity contribution is -0.122. The summed E-state index contributed by atoms with van der Waals surface area (Å²) in [5.41, 5.74) is 0.957. The van der Waals surface area contributed by atoms with Crippen LogP contribution in [0.2, 0.25) is 5.02 Å². The Balaban J connectivity index is 1.79. The number of carbonyl (C=O) groups excluding carboxylic acids is 2. The second-order valence-corrected chi connectivity index (χ2v) is 6.47. The molecule has 8 heteroatoms. The Bertz CT molecular complexity index is 873. The van der Waals surface area contributed by atoms with Gasteiger partial charge in [-0.2, -0.15) is 0 Å². The van der Waals surface area contributed by atoms with Crippen LogP contribution in [-0.4, -0.2) is 32.6 Å². The van der Waals surface area contributed by atoms with E-state index in [9.17, 15) is 14.0 Å². The molecule has 0 radical (unpaired) electrons. The Kier molecular flexibility index (Phi) is 5.51. The number of hydrogen-bond acceptors (Lipinski definition) is 4. The quantitative estimate of drug-likeness (QED) is 0.845. The van der Waals surface area contributed by atoms with Gasteiger partial charge in [0.05, 0.1) is 30.8 Å². The van der Waals surface area contributed by atoms with Crippen LogP contribution in [0.1, 0.15) is 6.42 Å². The van der Waals surface area contributed by atoms with Gasteiger partial charge in [-0.25, -0.2) is 4.39 Å². The highest BCUT2D eigenvalue weighted by Crippen LogP contribution is 2.40. The summed E-state index contributed by atoms with van der Waals surface area (Å²) < 4.78 is 23.5. The summed E-state index contributed by atoms with van der Waals surface area (Å²) in [6.07, 6.45) is 0.0567. The van der Waals surface area contributed by atoms with Crippen molar-refractivity contribution in [2.75, 3.05) is 31.0 Å². The number of rotatable bonds is 5. The number of hydrogen-bond donors (Lipinski definition) is 1. The van der Waals surface area contributed by atoms with Crippen LogP contribution in [0.15, 0.2) is 36.4 Å². The minimum absolute atomic E-state index is 0.0567. The Labute approximate surface area is 160 Å². The van der Waals surface area contributed by atoms with Crippen molar-refractivity contribution in [1.82, 2.24) is 0 Å². The van der Waals surface area contributed by atoms with E-state index in [0.717, 1.165) is 0 Å². The molecule has 0 aliphatic carbocycles. The van der Waals surface area contributed by atoms with E-state index in [1.54, 1.807) is 12.1 Å². The maximum Gasteiger partial charge on any atom is 0.229 e. The molecule has 142 valence electrons. The molecule has 1 heterocycles. The van der Waals surface area contributed by atoms with Gasteiger partial charge in [-0.05, 0) is 24.3 Å². The molecule has 0 bridgehead atoms. The minimum atomic E-state index is -0.547. The molecule has 1 fully saturated rings. The van der Waals surface area contributed by atoms with E-state index < -0.39 is 5.92 Å². The van der Waals surface area contributed by atoms with Crippen molar-refractivity contribution in [3.63, 3.8) is 0 Å². The van der Waals surface area contributed by atoms with Crippen molar-refractivity contribution in [3.8, 4) is 11.5 Å². The van der Waals surface area contributed by atoms with Crippen LogP contribution >= 0.6 is 11.6 Å². The number of nitrogens with one attached hydrogen (secondary N) is 1. The first-order valence-corrected chi connectivity index (χ1v) is 8.59. The van der Waals surface area contributed by atoms with Gasteiger partial charge in [0.15, 0.2) is 0 Å². The van der Waals surface area contributed by atoms with Crippen LogP contribution in [0.4, 0.5) is 15.8 Å². The van der Waals surface area contributed by atoms with Gasteiger partial charge in [0.1, 0.15) is 17.3 Å². The lowest BCUT2D eigenvalue weighted by Crippen LogP contribution is -2.28. The molecule has 0 spiro atoms. The zero-order chi connectivity index (χ0) is 19.6. The predicted molar refractivity (Wildman–Crippen MR) is 100 cm³/mol. The maximum atomic E-state index is 13.0. The highest BCUT2D eigenvalue weighted by atomic mass is 35.5. The van der Waals surface area contributed by atoms with Crippen molar-refractivity contribution in [2.45, 2.75) is 6.42 Å². The first kappa shape index (κ1) is 19.0. The van der Waals surface area contributed by atoms with Crippen molar-refractivity contribution < 1.29 is 23.5 Å². The normalized spacial score (nSPS) is 16.4. The zero-order valence-electron chi connectivity index (χ0n) is 14.8. The Morgan fingerprint density at radius 3 is 2.48 bits per heavy atom. The molecule has 1 unspecified atom stereocenters. The van der Waals surface area contributed by atoms with Gasteiger partial charge in [0.25, 0.3) is 0 Å². The van der Waals surface area contributed by atoms with Gasteiger partial charge < -0.3 is 19.7 Å². The Hall–Kier alpha value is -2.80. The van der Waals surface area contributed by atoms with Gasteiger partial charge in [0, 0.05) is 30.8 Å². The third-order valence-corrected chi connectivity index (χ3v) is 4.65. The summed E-state index contributed by atoms with van der Waals surface area (Å²) in [5.74, 6) is -0.643. The summed E-state index contributed by atoms with van der Waals surface area (Å²) in [7, 11) is 2.95. The fourth-order valence-electron chi connectivity index (χ4n) is 2.95. The number of benzene rings is 2. The van der Waals surface area contributed by atoms with Crippen LogP contribution in [0.3, 0.4) is 0 Å². The summed E-state index contributed by atoms with van der Waals surface area (Å²) >= 11 is 6.10. The highest BCUT2D eigenvalue weighted by molar-refractivity contribution is 6.32. The molecule has 2 amide bonds. The van der Waals surface area contributed by atoms with E-state index in [1.165, 1.54) is 43.4 Å². The molecular weight excluding hydrogens is 375 g/mol. The van der Waals surface area contributed by atoms with Crippen LogP contribution < -0.4 is 19.7 Å². The van der Waals surface area contributed by atoms with Crippen molar-refractivity contribution in [3.05, 3.63) is 47.2 Å². The predicted octanol–water partition coefficient (Wildman–Crippen LogP) is 3.49. The average Bonchev–Trinajstić information content (AvgIpc) is 3.05. The van der Waals surface area contributed by atoms with Gasteiger partial charge in [-0.15, -0.1) is 0 Å².